The number of anilines is 1. The Labute approximate surface area is 147 Å². The molecule has 1 aromatic rings. The van der Waals surface area contributed by atoms with Crippen LogP contribution in [0.15, 0.2) is 40.3 Å². The fourth-order valence-corrected chi connectivity index (χ4v) is 2.87. The summed E-state index contributed by atoms with van der Waals surface area (Å²) in [5, 5.41) is 7.91. The lowest BCUT2D eigenvalue weighted by atomic mass is 9.91. The van der Waals surface area contributed by atoms with Gasteiger partial charge in [0.15, 0.2) is 11.4 Å². The van der Waals surface area contributed by atoms with Gasteiger partial charge in [-0.15, -0.1) is 0 Å². The summed E-state index contributed by atoms with van der Waals surface area (Å²) in [7, 11) is 0. The van der Waals surface area contributed by atoms with E-state index in [1.807, 2.05) is 0 Å². The maximum absolute atomic E-state index is 13.0. The van der Waals surface area contributed by atoms with Crippen LogP contribution in [0.5, 0.6) is 0 Å². The summed E-state index contributed by atoms with van der Waals surface area (Å²) in [5.74, 6) is -0.0324. The minimum absolute atomic E-state index is 0.0745. The lowest BCUT2D eigenvalue weighted by Gasteiger charge is -2.30. The predicted octanol–water partition coefficient (Wildman–Crippen LogP) is 1.35. The number of aliphatic imine (C=N–C) groups is 1. The van der Waals surface area contributed by atoms with E-state index < -0.39 is 18.4 Å². The van der Waals surface area contributed by atoms with Crippen molar-refractivity contribution in [3.63, 3.8) is 0 Å². The average molecular weight is 366 g/mol. The zero-order chi connectivity index (χ0) is 19.1. The normalized spacial score (nSPS) is 21.7. The zero-order valence-corrected chi connectivity index (χ0v) is 14.0. The standard InChI is InChI=1S/C16H17F3N6O/c1-8-9(3-4-11(20)25-8)13(26)10-5-23-15(2)12(10)14(22-7-24-15)21-6-16(17,18)19/h3-5,7,21,23H,6H2,1-2H3,(H2,20,25)(H,22,24). The number of fused-ring (bicyclic) bond motifs is 1. The van der Waals surface area contributed by atoms with Crippen molar-refractivity contribution in [1.82, 2.24) is 20.9 Å². The molecular formula is C16H17F3N6O. The predicted molar refractivity (Wildman–Crippen MR) is 90.1 cm³/mol. The van der Waals surface area contributed by atoms with Crippen molar-refractivity contribution in [2.45, 2.75) is 25.7 Å². The van der Waals surface area contributed by atoms with E-state index in [2.05, 4.69) is 25.9 Å². The summed E-state index contributed by atoms with van der Waals surface area (Å²) in [6, 6.07) is 3.04. The van der Waals surface area contributed by atoms with E-state index >= 15 is 0 Å². The number of alkyl halides is 3. The maximum atomic E-state index is 13.0. The molecule has 0 fully saturated rings. The number of aryl methyl sites for hydroxylation is 1. The van der Waals surface area contributed by atoms with Crippen molar-refractivity contribution in [2.24, 2.45) is 4.99 Å². The molecule has 5 N–H and O–H groups in total. The Bertz CT molecular complexity index is 858. The molecule has 3 rings (SSSR count). The van der Waals surface area contributed by atoms with E-state index in [0.717, 1.165) is 0 Å². The molecule has 0 amide bonds. The number of aromatic nitrogens is 1. The van der Waals surface area contributed by atoms with Gasteiger partial charge in [0.2, 0.25) is 0 Å². The second kappa shape index (κ2) is 6.04. The largest absolute Gasteiger partial charge is 0.405 e. The molecular weight excluding hydrogens is 349 g/mol. The van der Waals surface area contributed by atoms with Gasteiger partial charge in [0.1, 0.15) is 18.2 Å². The van der Waals surface area contributed by atoms with Crippen LogP contribution < -0.4 is 21.7 Å². The molecule has 0 saturated heterocycles. The third-order valence-corrected chi connectivity index (χ3v) is 4.10. The van der Waals surface area contributed by atoms with Crippen molar-refractivity contribution in [3.8, 4) is 0 Å². The van der Waals surface area contributed by atoms with E-state index in [4.69, 9.17) is 5.73 Å². The first-order valence-corrected chi connectivity index (χ1v) is 7.72. The van der Waals surface area contributed by atoms with Crippen molar-refractivity contribution < 1.29 is 18.0 Å². The third-order valence-electron chi connectivity index (χ3n) is 4.10. The van der Waals surface area contributed by atoms with Gasteiger partial charge in [0, 0.05) is 17.3 Å². The van der Waals surface area contributed by atoms with Crippen LogP contribution >= 0.6 is 0 Å². The monoisotopic (exact) mass is 366 g/mol. The first-order chi connectivity index (χ1) is 12.1. The summed E-state index contributed by atoms with van der Waals surface area (Å²) in [4.78, 5) is 21.2. The molecule has 138 valence electrons. The van der Waals surface area contributed by atoms with Gasteiger partial charge in [-0.25, -0.2) is 9.98 Å². The molecule has 1 unspecified atom stereocenters. The molecule has 1 atom stereocenters. The average Bonchev–Trinajstić information content (AvgIpc) is 2.89. The van der Waals surface area contributed by atoms with E-state index in [0.29, 0.717) is 16.8 Å². The van der Waals surface area contributed by atoms with E-state index in [-0.39, 0.29) is 23.0 Å². The Morgan fingerprint density at radius 2 is 2.12 bits per heavy atom. The number of Topliss-reactive ketones (excluding diaryl/α,β-unsaturated/α-hetero) is 1. The summed E-state index contributed by atoms with van der Waals surface area (Å²) in [5.41, 5.74) is 5.83. The Morgan fingerprint density at radius 3 is 2.77 bits per heavy atom. The second-order valence-corrected chi connectivity index (χ2v) is 6.09. The summed E-state index contributed by atoms with van der Waals surface area (Å²) in [6.45, 7) is 2.06. The molecule has 10 heteroatoms. The molecule has 0 radical (unpaired) electrons. The molecule has 2 aliphatic rings. The van der Waals surface area contributed by atoms with Crippen LogP contribution in [0.4, 0.5) is 19.0 Å². The summed E-state index contributed by atoms with van der Waals surface area (Å²) in [6.07, 6.45) is -1.67. The first-order valence-electron chi connectivity index (χ1n) is 7.72. The molecule has 0 spiro atoms. The molecule has 0 bridgehead atoms. The quantitative estimate of drug-likeness (QED) is 0.600. The number of nitrogen functional groups attached to an aromatic ring is 1. The number of halogens is 3. The highest BCUT2D eigenvalue weighted by atomic mass is 19.4. The number of carbonyl (C=O) groups is 1. The molecule has 0 aliphatic carbocycles. The van der Waals surface area contributed by atoms with Gasteiger partial charge >= 0.3 is 6.18 Å². The van der Waals surface area contributed by atoms with Gasteiger partial charge in [0.25, 0.3) is 0 Å². The van der Waals surface area contributed by atoms with Crippen LogP contribution in [0.3, 0.4) is 0 Å². The van der Waals surface area contributed by atoms with Crippen LogP contribution in [0, 0.1) is 6.92 Å². The number of ketones is 1. The molecule has 2 aliphatic heterocycles. The number of carbonyl (C=O) groups excluding carboxylic acids is 1. The highest BCUT2D eigenvalue weighted by molar-refractivity contribution is 6.13. The van der Waals surface area contributed by atoms with Crippen molar-refractivity contribution in [3.05, 3.63) is 46.6 Å². The fourth-order valence-electron chi connectivity index (χ4n) is 2.87. The number of nitrogens with zero attached hydrogens (tertiary/aromatic N) is 2. The Hall–Kier alpha value is -3.04. The molecule has 0 saturated carbocycles. The van der Waals surface area contributed by atoms with Gasteiger partial charge in [-0.1, -0.05) is 0 Å². The molecule has 7 nitrogen and oxygen atoms in total. The third kappa shape index (κ3) is 3.22. The Morgan fingerprint density at radius 1 is 1.38 bits per heavy atom. The van der Waals surface area contributed by atoms with Crippen LogP contribution in [-0.4, -0.2) is 35.5 Å². The lowest BCUT2D eigenvalue weighted by Crippen LogP contribution is -2.45. The fraction of sp³-hybridized carbons (Fsp3) is 0.312. The topological polar surface area (TPSA) is 104 Å². The van der Waals surface area contributed by atoms with Crippen molar-refractivity contribution in [2.75, 3.05) is 12.3 Å². The maximum Gasteiger partial charge on any atom is 0.405 e. The van der Waals surface area contributed by atoms with Gasteiger partial charge in [0.05, 0.1) is 17.6 Å². The van der Waals surface area contributed by atoms with Gasteiger partial charge in [-0.3, -0.25) is 4.79 Å². The van der Waals surface area contributed by atoms with Crippen molar-refractivity contribution >= 4 is 17.9 Å². The van der Waals surface area contributed by atoms with Crippen LogP contribution in [0.2, 0.25) is 0 Å². The number of rotatable bonds is 4. The number of hydrogen-bond donors (Lipinski definition) is 4. The molecule has 1 aromatic heterocycles. The highest BCUT2D eigenvalue weighted by Gasteiger charge is 2.42. The highest BCUT2D eigenvalue weighted by Crippen LogP contribution is 2.36. The van der Waals surface area contributed by atoms with E-state index in [1.165, 1.54) is 18.6 Å². The molecule has 26 heavy (non-hydrogen) atoms. The Balaban J connectivity index is 1.99. The molecule has 0 aromatic carbocycles. The van der Waals surface area contributed by atoms with Gasteiger partial charge in [-0.05, 0) is 26.0 Å². The van der Waals surface area contributed by atoms with Crippen molar-refractivity contribution in [1.29, 1.82) is 0 Å². The van der Waals surface area contributed by atoms with Gasteiger partial charge < -0.3 is 21.7 Å². The Kier molecular flexibility index (Phi) is 4.13. The minimum atomic E-state index is -4.41. The lowest BCUT2D eigenvalue weighted by molar-refractivity contribution is -0.123. The number of pyridine rings is 1. The minimum Gasteiger partial charge on any atom is -0.384 e. The second-order valence-electron chi connectivity index (χ2n) is 6.09. The molecule has 3 heterocycles. The number of hydrogen-bond acceptors (Lipinski definition) is 7. The smallest absolute Gasteiger partial charge is 0.384 e. The summed E-state index contributed by atoms with van der Waals surface area (Å²) < 4.78 is 37.8. The van der Waals surface area contributed by atoms with E-state index in [1.54, 1.807) is 19.9 Å². The van der Waals surface area contributed by atoms with E-state index in [9.17, 15) is 18.0 Å². The van der Waals surface area contributed by atoms with Crippen LogP contribution in [-0.2, 0) is 0 Å². The number of nitrogens with two attached hydrogens (primary N) is 1. The van der Waals surface area contributed by atoms with Gasteiger partial charge in [-0.2, -0.15) is 13.2 Å². The van der Waals surface area contributed by atoms with Crippen LogP contribution in [0.25, 0.3) is 0 Å². The van der Waals surface area contributed by atoms with Crippen LogP contribution in [0.1, 0.15) is 23.0 Å². The number of nitrogens with one attached hydrogen (secondary N) is 3. The first kappa shape index (κ1) is 17.8. The zero-order valence-electron chi connectivity index (χ0n) is 14.0. The summed E-state index contributed by atoms with van der Waals surface area (Å²) >= 11 is 0. The SMILES string of the molecule is Cc1nc(N)ccc1C(=O)C1=CNC2(C)N=CNC(NCC(F)(F)F)=C12.